The van der Waals surface area contributed by atoms with Crippen LogP contribution in [0.3, 0.4) is 0 Å². The summed E-state index contributed by atoms with van der Waals surface area (Å²) < 4.78 is 16.6. The van der Waals surface area contributed by atoms with Crippen LogP contribution in [-0.4, -0.2) is 37.2 Å². The largest absolute Gasteiger partial charge is 0.462 e. The van der Waals surface area contributed by atoms with Gasteiger partial charge >= 0.3 is 17.9 Å². The Balaban J connectivity index is 4.14. The van der Waals surface area contributed by atoms with E-state index in [1.54, 1.807) is 0 Å². The average molecular weight is 763 g/mol. The summed E-state index contributed by atoms with van der Waals surface area (Å²) in [6, 6.07) is 0. The standard InChI is InChI=1S/C48H90O6/c1-4-7-10-13-15-17-19-21-22-23-24-25-27-28-30-32-35-38-41-47(50)53-44-45(43-52-46(49)40-37-34-12-9-6-3)54-48(51)42-39-36-33-31-29-26-20-18-16-14-11-8-5-2/h18,20,45H,4-17,19,21-44H2,1-3H3/b20-18-. The van der Waals surface area contributed by atoms with Crippen LogP contribution >= 0.6 is 0 Å². The molecule has 0 fully saturated rings. The van der Waals surface area contributed by atoms with E-state index in [0.717, 1.165) is 70.6 Å². The molecule has 0 rings (SSSR count). The molecular weight excluding hydrogens is 673 g/mol. The molecule has 0 aromatic carbocycles. The molecule has 0 spiro atoms. The van der Waals surface area contributed by atoms with Crippen molar-refractivity contribution in [1.29, 1.82) is 0 Å². The van der Waals surface area contributed by atoms with Crippen molar-refractivity contribution in [2.45, 2.75) is 264 Å². The number of esters is 3. The van der Waals surface area contributed by atoms with Crippen molar-refractivity contribution in [3.05, 3.63) is 12.2 Å². The van der Waals surface area contributed by atoms with Crippen LogP contribution < -0.4 is 0 Å². The van der Waals surface area contributed by atoms with Gasteiger partial charge in [-0.25, -0.2) is 0 Å². The first-order valence-corrected chi connectivity index (χ1v) is 23.7. The Morgan fingerprint density at radius 2 is 0.611 bits per heavy atom. The predicted molar refractivity (Wildman–Crippen MR) is 229 cm³/mol. The third-order valence-electron chi connectivity index (χ3n) is 10.5. The minimum absolute atomic E-state index is 0.0699. The van der Waals surface area contributed by atoms with Crippen LogP contribution in [0.5, 0.6) is 0 Å². The lowest BCUT2D eigenvalue weighted by molar-refractivity contribution is -0.167. The normalized spacial score (nSPS) is 12.0. The van der Waals surface area contributed by atoms with E-state index < -0.39 is 6.10 Å². The first kappa shape index (κ1) is 52.2. The smallest absolute Gasteiger partial charge is 0.306 e. The minimum Gasteiger partial charge on any atom is -0.462 e. The minimum atomic E-state index is -0.764. The monoisotopic (exact) mass is 763 g/mol. The zero-order chi connectivity index (χ0) is 39.4. The van der Waals surface area contributed by atoms with Gasteiger partial charge in [-0.15, -0.1) is 0 Å². The van der Waals surface area contributed by atoms with Gasteiger partial charge in [-0.3, -0.25) is 14.4 Å². The highest BCUT2D eigenvalue weighted by Gasteiger charge is 2.19. The van der Waals surface area contributed by atoms with E-state index in [9.17, 15) is 14.4 Å². The molecule has 0 radical (unpaired) electrons. The first-order chi connectivity index (χ1) is 26.5. The molecule has 0 bridgehead atoms. The third kappa shape index (κ3) is 41.3. The van der Waals surface area contributed by atoms with Crippen LogP contribution in [-0.2, 0) is 28.6 Å². The fourth-order valence-electron chi connectivity index (χ4n) is 6.91. The van der Waals surface area contributed by atoms with Gasteiger partial charge in [-0.2, -0.15) is 0 Å². The summed E-state index contributed by atoms with van der Waals surface area (Å²) in [7, 11) is 0. The van der Waals surface area contributed by atoms with Crippen molar-refractivity contribution in [3.8, 4) is 0 Å². The molecule has 0 aromatic rings. The second-order valence-corrected chi connectivity index (χ2v) is 16.0. The predicted octanol–water partition coefficient (Wildman–Crippen LogP) is 15.0. The molecule has 1 atom stereocenters. The summed E-state index contributed by atoms with van der Waals surface area (Å²) in [5.74, 6) is -0.883. The van der Waals surface area contributed by atoms with Gasteiger partial charge in [0.05, 0.1) is 0 Å². The molecule has 54 heavy (non-hydrogen) atoms. The molecule has 0 N–H and O–H groups in total. The number of carbonyl (C=O) groups is 3. The quantitative estimate of drug-likeness (QED) is 0.0266. The van der Waals surface area contributed by atoms with E-state index in [2.05, 4.69) is 32.9 Å². The number of unbranched alkanes of at least 4 members (excludes halogenated alkanes) is 30. The molecule has 0 aliphatic heterocycles. The summed E-state index contributed by atoms with van der Waals surface area (Å²) in [4.78, 5) is 37.5. The van der Waals surface area contributed by atoms with Gasteiger partial charge in [0.1, 0.15) is 13.2 Å². The van der Waals surface area contributed by atoms with E-state index in [0.29, 0.717) is 19.3 Å². The van der Waals surface area contributed by atoms with E-state index in [4.69, 9.17) is 14.2 Å². The van der Waals surface area contributed by atoms with Gasteiger partial charge in [0.2, 0.25) is 0 Å². The number of allylic oxidation sites excluding steroid dienone is 2. The Morgan fingerprint density at radius 3 is 0.944 bits per heavy atom. The van der Waals surface area contributed by atoms with Crippen LogP contribution in [0.15, 0.2) is 12.2 Å². The first-order valence-electron chi connectivity index (χ1n) is 23.7. The van der Waals surface area contributed by atoms with Crippen LogP contribution in [0, 0.1) is 0 Å². The van der Waals surface area contributed by atoms with Crippen molar-refractivity contribution < 1.29 is 28.6 Å². The maximum Gasteiger partial charge on any atom is 0.306 e. The van der Waals surface area contributed by atoms with Crippen molar-refractivity contribution in [3.63, 3.8) is 0 Å². The Morgan fingerprint density at radius 1 is 0.352 bits per heavy atom. The maximum absolute atomic E-state index is 12.7. The molecule has 6 nitrogen and oxygen atoms in total. The molecule has 0 aliphatic rings. The van der Waals surface area contributed by atoms with Crippen LogP contribution in [0.1, 0.15) is 258 Å². The maximum atomic E-state index is 12.7. The number of hydrogen-bond acceptors (Lipinski definition) is 6. The van der Waals surface area contributed by atoms with E-state index in [-0.39, 0.29) is 31.1 Å². The molecule has 6 heteroatoms. The summed E-state index contributed by atoms with van der Waals surface area (Å²) in [6.45, 7) is 6.55. The van der Waals surface area contributed by atoms with Crippen molar-refractivity contribution >= 4 is 17.9 Å². The lowest BCUT2D eigenvalue weighted by Crippen LogP contribution is -2.30. The van der Waals surface area contributed by atoms with E-state index in [1.165, 1.54) is 148 Å². The number of hydrogen-bond donors (Lipinski definition) is 0. The number of rotatable bonds is 43. The third-order valence-corrected chi connectivity index (χ3v) is 10.5. The van der Waals surface area contributed by atoms with Crippen LogP contribution in [0.2, 0.25) is 0 Å². The van der Waals surface area contributed by atoms with Crippen LogP contribution in [0.4, 0.5) is 0 Å². The van der Waals surface area contributed by atoms with E-state index >= 15 is 0 Å². The number of ether oxygens (including phenoxy) is 3. The molecule has 0 aromatic heterocycles. The molecule has 0 aliphatic carbocycles. The molecule has 0 saturated heterocycles. The SMILES string of the molecule is CCCCCC/C=C\CCCCCCCC(=O)OC(COC(=O)CCCCCCC)COC(=O)CCCCCCCCCCCCCCCCCCCC. The summed E-state index contributed by atoms with van der Waals surface area (Å²) in [6.07, 6.45) is 46.6. The Kier molecular flexibility index (Phi) is 42.4. The van der Waals surface area contributed by atoms with Gasteiger partial charge in [0.25, 0.3) is 0 Å². The van der Waals surface area contributed by atoms with Crippen molar-refractivity contribution in [2.75, 3.05) is 13.2 Å². The highest BCUT2D eigenvalue weighted by Crippen LogP contribution is 2.16. The summed E-state index contributed by atoms with van der Waals surface area (Å²) >= 11 is 0. The zero-order valence-corrected chi connectivity index (χ0v) is 36.3. The topological polar surface area (TPSA) is 78.9 Å². The van der Waals surface area contributed by atoms with Gasteiger partial charge in [-0.1, -0.05) is 206 Å². The van der Waals surface area contributed by atoms with Gasteiger partial charge < -0.3 is 14.2 Å². The molecule has 0 amide bonds. The van der Waals surface area contributed by atoms with Gasteiger partial charge in [-0.05, 0) is 44.9 Å². The molecule has 0 saturated carbocycles. The van der Waals surface area contributed by atoms with Gasteiger partial charge in [0.15, 0.2) is 6.10 Å². The molecule has 318 valence electrons. The second-order valence-electron chi connectivity index (χ2n) is 16.0. The average Bonchev–Trinajstić information content (AvgIpc) is 3.17. The molecule has 0 heterocycles. The Bertz CT molecular complexity index is 839. The van der Waals surface area contributed by atoms with Crippen LogP contribution in [0.25, 0.3) is 0 Å². The second kappa shape index (κ2) is 43.9. The fourth-order valence-corrected chi connectivity index (χ4v) is 6.91. The summed E-state index contributed by atoms with van der Waals surface area (Å²) in [5.41, 5.74) is 0. The van der Waals surface area contributed by atoms with Crippen molar-refractivity contribution in [2.24, 2.45) is 0 Å². The zero-order valence-electron chi connectivity index (χ0n) is 36.3. The molecular formula is C48H90O6. The summed E-state index contributed by atoms with van der Waals surface area (Å²) in [5, 5.41) is 0. The highest BCUT2D eigenvalue weighted by atomic mass is 16.6. The lowest BCUT2D eigenvalue weighted by Gasteiger charge is -2.18. The Labute approximate surface area is 335 Å². The Hall–Kier alpha value is -1.85. The number of carbonyl (C=O) groups excluding carboxylic acids is 3. The van der Waals surface area contributed by atoms with Crippen molar-refractivity contribution in [1.82, 2.24) is 0 Å². The van der Waals surface area contributed by atoms with E-state index in [1.807, 2.05) is 0 Å². The molecule has 1 unspecified atom stereocenters. The highest BCUT2D eigenvalue weighted by molar-refractivity contribution is 5.71. The fraction of sp³-hybridized carbons (Fsp3) is 0.896. The van der Waals surface area contributed by atoms with Gasteiger partial charge in [0, 0.05) is 19.3 Å². The lowest BCUT2D eigenvalue weighted by atomic mass is 10.0.